The Morgan fingerprint density at radius 1 is 1.32 bits per heavy atom. The van der Waals surface area contributed by atoms with Crippen LogP contribution in [0.2, 0.25) is 0 Å². The first-order valence-corrected chi connectivity index (χ1v) is 5.90. The van der Waals surface area contributed by atoms with Crippen molar-refractivity contribution in [3.63, 3.8) is 0 Å². The largest absolute Gasteiger partial charge is 0.417 e. The average Bonchev–Trinajstić information content (AvgIpc) is 2.42. The Hall–Kier alpha value is -2.71. The quantitative estimate of drug-likeness (QED) is 0.864. The fourth-order valence-corrected chi connectivity index (χ4v) is 1.71. The van der Waals surface area contributed by atoms with Gasteiger partial charge in [-0.2, -0.15) is 13.2 Å². The van der Waals surface area contributed by atoms with E-state index in [-0.39, 0.29) is 6.07 Å². The van der Waals surface area contributed by atoms with E-state index < -0.39 is 40.4 Å². The average molecular weight is 315 g/mol. The summed E-state index contributed by atoms with van der Waals surface area (Å²) in [5.41, 5.74) is -2.93. The summed E-state index contributed by atoms with van der Waals surface area (Å²) in [6, 6.07) is 1.63. The molecule has 1 heterocycles. The number of alkyl halides is 3. The number of hydrogen-bond acceptors (Lipinski definition) is 3. The van der Waals surface area contributed by atoms with Crippen LogP contribution >= 0.6 is 0 Å². The normalized spacial score (nSPS) is 11.3. The molecular weight excluding hydrogens is 306 g/mol. The molecule has 0 saturated carbocycles. The van der Waals surface area contributed by atoms with Crippen LogP contribution in [0, 0.1) is 5.82 Å². The van der Waals surface area contributed by atoms with E-state index in [4.69, 9.17) is 0 Å². The Bertz CT molecular complexity index is 784. The van der Waals surface area contributed by atoms with Crippen molar-refractivity contribution < 1.29 is 22.4 Å². The Kier molecular flexibility index (Phi) is 3.98. The molecule has 0 bridgehead atoms. The van der Waals surface area contributed by atoms with Crippen molar-refractivity contribution in [1.82, 2.24) is 9.55 Å². The predicted molar refractivity (Wildman–Crippen MR) is 68.8 cm³/mol. The fraction of sp³-hybridized carbons (Fsp3) is 0.154. The maximum Gasteiger partial charge on any atom is 0.417 e. The van der Waals surface area contributed by atoms with E-state index in [1.165, 1.54) is 19.4 Å². The van der Waals surface area contributed by atoms with Gasteiger partial charge >= 0.3 is 6.18 Å². The lowest BCUT2D eigenvalue weighted by Crippen LogP contribution is -2.26. The fourth-order valence-electron chi connectivity index (χ4n) is 1.71. The number of anilines is 1. The standard InChI is InChI=1S/C13H9F4N3O2/c1-20-5-4-18-10(12(20)22)19-11(21)8-3-2-7(14)6-9(8)13(15,16)17/h2-6H,1H3,(H,18,19,21). The van der Waals surface area contributed by atoms with Gasteiger partial charge in [0.2, 0.25) is 0 Å². The van der Waals surface area contributed by atoms with E-state index in [2.05, 4.69) is 4.98 Å². The third-order valence-electron chi connectivity index (χ3n) is 2.78. The Morgan fingerprint density at radius 3 is 2.64 bits per heavy atom. The van der Waals surface area contributed by atoms with Gasteiger partial charge in [-0.05, 0) is 18.2 Å². The molecule has 0 unspecified atom stereocenters. The number of aromatic nitrogens is 2. The molecule has 0 atom stereocenters. The molecule has 1 aromatic carbocycles. The second-order valence-corrected chi connectivity index (χ2v) is 4.33. The molecule has 0 fully saturated rings. The number of nitrogens with one attached hydrogen (secondary N) is 1. The van der Waals surface area contributed by atoms with Crippen LogP contribution in [0.5, 0.6) is 0 Å². The first-order chi connectivity index (χ1) is 10.2. The summed E-state index contributed by atoms with van der Waals surface area (Å²) < 4.78 is 52.6. The van der Waals surface area contributed by atoms with Crippen LogP contribution in [0.4, 0.5) is 23.4 Å². The van der Waals surface area contributed by atoms with Crippen LogP contribution in [0.15, 0.2) is 35.4 Å². The number of aryl methyl sites for hydroxylation is 1. The summed E-state index contributed by atoms with van der Waals surface area (Å²) in [4.78, 5) is 27.2. The number of benzene rings is 1. The number of carbonyl (C=O) groups is 1. The summed E-state index contributed by atoms with van der Waals surface area (Å²) >= 11 is 0. The lowest BCUT2D eigenvalue weighted by molar-refractivity contribution is -0.138. The first-order valence-electron chi connectivity index (χ1n) is 5.90. The van der Waals surface area contributed by atoms with E-state index in [0.29, 0.717) is 6.07 Å². The third kappa shape index (κ3) is 3.13. The Labute approximate surface area is 121 Å². The molecule has 9 heteroatoms. The van der Waals surface area contributed by atoms with Gasteiger partial charge in [-0.15, -0.1) is 0 Å². The Balaban J connectivity index is 2.42. The van der Waals surface area contributed by atoms with E-state index in [9.17, 15) is 27.2 Å². The first kappa shape index (κ1) is 15.7. The van der Waals surface area contributed by atoms with E-state index in [0.717, 1.165) is 10.6 Å². The summed E-state index contributed by atoms with van der Waals surface area (Å²) in [6.45, 7) is 0. The molecule has 0 aliphatic heterocycles. The molecule has 5 nitrogen and oxygen atoms in total. The second-order valence-electron chi connectivity index (χ2n) is 4.33. The molecule has 0 aliphatic rings. The molecule has 22 heavy (non-hydrogen) atoms. The second kappa shape index (κ2) is 5.58. The SMILES string of the molecule is Cn1ccnc(NC(=O)c2ccc(F)cc2C(F)(F)F)c1=O. The zero-order valence-electron chi connectivity index (χ0n) is 11.1. The van der Waals surface area contributed by atoms with Crippen LogP contribution in [0.1, 0.15) is 15.9 Å². The van der Waals surface area contributed by atoms with Gasteiger partial charge < -0.3 is 9.88 Å². The molecule has 116 valence electrons. The summed E-state index contributed by atoms with van der Waals surface area (Å²) in [5, 5.41) is 1.99. The number of rotatable bonds is 2. The highest BCUT2D eigenvalue weighted by molar-refractivity contribution is 6.04. The molecular formula is C13H9F4N3O2. The number of nitrogens with zero attached hydrogens (tertiary/aromatic N) is 2. The predicted octanol–water partition coefficient (Wildman–Crippen LogP) is 2.19. The molecule has 1 aromatic heterocycles. The zero-order chi connectivity index (χ0) is 16.5. The van der Waals surface area contributed by atoms with Crippen molar-refractivity contribution in [3.05, 3.63) is 57.9 Å². The lowest BCUT2D eigenvalue weighted by Gasteiger charge is -2.12. The van der Waals surface area contributed by atoms with Crippen molar-refractivity contribution >= 4 is 11.7 Å². The minimum absolute atomic E-state index is 0.214. The minimum Gasteiger partial charge on any atom is -0.314 e. The van der Waals surface area contributed by atoms with Crippen LogP contribution < -0.4 is 10.9 Å². The van der Waals surface area contributed by atoms with E-state index >= 15 is 0 Å². The number of amides is 1. The van der Waals surface area contributed by atoms with Crippen molar-refractivity contribution in [3.8, 4) is 0 Å². The molecule has 0 radical (unpaired) electrons. The van der Waals surface area contributed by atoms with Crippen molar-refractivity contribution in [2.45, 2.75) is 6.18 Å². The maximum absolute atomic E-state index is 13.0. The van der Waals surface area contributed by atoms with Crippen LogP contribution in [-0.4, -0.2) is 15.5 Å². The molecule has 2 rings (SSSR count). The van der Waals surface area contributed by atoms with Crippen molar-refractivity contribution in [2.75, 3.05) is 5.32 Å². The molecule has 0 aliphatic carbocycles. The molecule has 0 saturated heterocycles. The van der Waals surface area contributed by atoms with Gasteiger partial charge in [-0.25, -0.2) is 9.37 Å². The minimum atomic E-state index is -4.91. The van der Waals surface area contributed by atoms with Gasteiger partial charge in [-0.1, -0.05) is 0 Å². The van der Waals surface area contributed by atoms with Crippen LogP contribution in [0.25, 0.3) is 0 Å². The third-order valence-corrected chi connectivity index (χ3v) is 2.78. The van der Waals surface area contributed by atoms with E-state index in [1.807, 2.05) is 5.32 Å². The van der Waals surface area contributed by atoms with Gasteiger partial charge in [0.05, 0.1) is 11.1 Å². The highest BCUT2D eigenvalue weighted by Gasteiger charge is 2.35. The van der Waals surface area contributed by atoms with Gasteiger partial charge in [0.25, 0.3) is 11.5 Å². The van der Waals surface area contributed by atoms with Crippen LogP contribution in [0.3, 0.4) is 0 Å². The van der Waals surface area contributed by atoms with Crippen LogP contribution in [-0.2, 0) is 13.2 Å². The number of hydrogen-bond donors (Lipinski definition) is 1. The smallest absolute Gasteiger partial charge is 0.314 e. The summed E-state index contributed by atoms with van der Waals surface area (Å²) in [6.07, 6.45) is -2.40. The van der Waals surface area contributed by atoms with Gasteiger partial charge in [0.1, 0.15) is 5.82 Å². The number of carbonyl (C=O) groups excluding carboxylic acids is 1. The molecule has 1 amide bonds. The molecule has 1 N–H and O–H groups in total. The number of halogens is 4. The molecule has 0 spiro atoms. The maximum atomic E-state index is 13.0. The van der Waals surface area contributed by atoms with Gasteiger partial charge in [0, 0.05) is 19.4 Å². The van der Waals surface area contributed by atoms with Gasteiger partial charge in [0.15, 0.2) is 5.82 Å². The topological polar surface area (TPSA) is 64.0 Å². The van der Waals surface area contributed by atoms with Crippen molar-refractivity contribution in [1.29, 1.82) is 0 Å². The van der Waals surface area contributed by atoms with Crippen molar-refractivity contribution in [2.24, 2.45) is 7.05 Å². The highest BCUT2D eigenvalue weighted by Crippen LogP contribution is 2.32. The van der Waals surface area contributed by atoms with E-state index in [1.54, 1.807) is 0 Å². The monoisotopic (exact) mass is 315 g/mol. The van der Waals surface area contributed by atoms with Gasteiger partial charge in [-0.3, -0.25) is 9.59 Å². The lowest BCUT2D eigenvalue weighted by atomic mass is 10.1. The molecule has 2 aromatic rings. The Morgan fingerprint density at radius 2 is 2.00 bits per heavy atom. The zero-order valence-corrected chi connectivity index (χ0v) is 11.1. The summed E-state index contributed by atoms with van der Waals surface area (Å²) in [5.74, 6) is -2.76. The summed E-state index contributed by atoms with van der Waals surface area (Å²) in [7, 11) is 1.39. The highest BCUT2D eigenvalue weighted by atomic mass is 19.4.